The van der Waals surface area contributed by atoms with Gasteiger partial charge in [-0.1, -0.05) is 17.7 Å². The quantitative estimate of drug-likeness (QED) is 0.895. The van der Waals surface area contributed by atoms with Crippen LogP contribution in [0.4, 0.5) is 4.39 Å². The van der Waals surface area contributed by atoms with E-state index in [0.717, 1.165) is 25.7 Å². The molecule has 1 aromatic carbocycles. The van der Waals surface area contributed by atoms with Crippen molar-refractivity contribution in [3.05, 3.63) is 29.0 Å². The van der Waals surface area contributed by atoms with E-state index in [1.807, 2.05) is 7.05 Å². The molecule has 1 aliphatic rings. The lowest BCUT2D eigenvalue weighted by atomic mass is 9.92. The van der Waals surface area contributed by atoms with E-state index < -0.39 is 15.8 Å². The van der Waals surface area contributed by atoms with Gasteiger partial charge in [0, 0.05) is 12.1 Å². The Balaban J connectivity index is 2.10. The lowest BCUT2D eigenvalue weighted by Gasteiger charge is -2.28. The second-order valence-corrected chi connectivity index (χ2v) is 7.10. The highest BCUT2D eigenvalue weighted by Gasteiger charge is 2.27. The molecule has 1 aliphatic carbocycles. The van der Waals surface area contributed by atoms with Gasteiger partial charge in [-0.25, -0.2) is 17.5 Å². The van der Waals surface area contributed by atoms with E-state index in [9.17, 15) is 12.8 Å². The molecule has 2 N–H and O–H groups in total. The van der Waals surface area contributed by atoms with Crippen LogP contribution in [0.2, 0.25) is 5.02 Å². The predicted octanol–water partition coefficient (Wildman–Crippen LogP) is 2.29. The fourth-order valence-electron chi connectivity index (χ4n) is 2.47. The van der Waals surface area contributed by atoms with Gasteiger partial charge in [-0.05, 0) is 44.9 Å². The normalized spacial score (nSPS) is 23.8. The third-order valence-electron chi connectivity index (χ3n) is 3.66. The van der Waals surface area contributed by atoms with Crippen LogP contribution in [0.5, 0.6) is 0 Å². The smallest absolute Gasteiger partial charge is 0.243 e. The summed E-state index contributed by atoms with van der Waals surface area (Å²) in [7, 11) is -1.97. The SMILES string of the molecule is CNC1CCC(NS(=O)(=O)c2cccc(Cl)c2F)CC1. The molecule has 20 heavy (non-hydrogen) atoms. The van der Waals surface area contributed by atoms with Gasteiger partial charge >= 0.3 is 0 Å². The second-order valence-electron chi connectivity index (χ2n) is 5.01. The third kappa shape index (κ3) is 3.49. The Morgan fingerprint density at radius 2 is 1.80 bits per heavy atom. The fraction of sp³-hybridized carbons (Fsp3) is 0.538. The highest BCUT2D eigenvalue weighted by Crippen LogP contribution is 2.24. The Kier molecular flexibility index (Phi) is 5.01. The Morgan fingerprint density at radius 3 is 2.40 bits per heavy atom. The number of benzene rings is 1. The van der Waals surface area contributed by atoms with Crippen molar-refractivity contribution in [1.82, 2.24) is 10.0 Å². The molecule has 0 saturated heterocycles. The molecular formula is C13H18ClFN2O2S. The van der Waals surface area contributed by atoms with Crippen molar-refractivity contribution in [2.45, 2.75) is 42.7 Å². The first-order valence-corrected chi connectivity index (χ1v) is 8.44. The summed E-state index contributed by atoms with van der Waals surface area (Å²) in [5.74, 6) is -0.898. The molecule has 1 aromatic rings. The van der Waals surface area contributed by atoms with Crippen molar-refractivity contribution < 1.29 is 12.8 Å². The lowest BCUT2D eigenvalue weighted by Crippen LogP contribution is -2.41. The minimum atomic E-state index is -3.87. The van der Waals surface area contributed by atoms with Gasteiger partial charge in [-0.3, -0.25) is 0 Å². The molecule has 0 radical (unpaired) electrons. The topological polar surface area (TPSA) is 58.2 Å². The highest BCUT2D eigenvalue weighted by atomic mass is 35.5. The zero-order valence-corrected chi connectivity index (χ0v) is 12.8. The molecule has 7 heteroatoms. The van der Waals surface area contributed by atoms with Crippen molar-refractivity contribution in [2.75, 3.05) is 7.05 Å². The summed E-state index contributed by atoms with van der Waals surface area (Å²) < 4.78 is 40.8. The third-order valence-corrected chi connectivity index (χ3v) is 5.49. The van der Waals surface area contributed by atoms with Crippen molar-refractivity contribution in [2.24, 2.45) is 0 Å². The molecule has 4 nitrogen and oxygen atoms in total. The molecule has 1 fully saturated rings. The molecule has 0 heterocycles. The molecule has 112 valence electrons. The van der Waals surface area contributed by atoms with Gasteiger partial charge in [-0.2, -0.15) is 0 Å². The van der Waals surface area contributed by atoms with Gasteiger partial charge < -0.3 is 5.32 Å². The summed E-state index contributed by atoms with van der Waals surface area (Å²) in [5, 5.41) is 2.99. The number of hydrogen-bond donors (Lipinski definition) is 2. The molecule has 0 unspecified atom stereocenters. The van der Waals surface area contributed by atoms with E-state index in [4.69, 9.17) is 11.6 Å². The van der Waals surface area contributed by atoms with E-state index >= 15 is 0 Å². The second kappa shape index (κ2) is 6.39. The molecule has 2 rings (SSSR count). The summed E-state index contributed by atoms with van der Waals surface area (Å²) in [6.07, 6.45) is 3.29. The summed E-state index contributed by atoms with van der Waals surface area (Å²) in [5.41, 5.74) is 0. The number of rotatable bonds is 4. The minimum Gasteiger partial charge on any atom is -0.317 e. The van der Waals surface area contributed by atoms with E-state index in [1.165, 1.54) is 18.2 Å². The van der Waals surface area contributed by atoms with E-state index in [-0.39, 0.29) is 16.0 Å². The predicted molar refractivity (Wildman–Crippen MR) is 76.8 cm³/mol. The van der Waals surface area contributed by atoms with Crippen LogP contribution in [-0.2, 0) is 10.0 Å². The van der Waals surface area contributed by atoms with E-state index in [0.29, 0.717) is 6.04 Å². The minimum absolute atomic E-state index is 0.150. The largest absolute Gasteiger partial charge is 0.317 e. The van der Waals surface area contributed by atoms with Gasteiger partial charge in [0.25, 0.3) is 0 Å². The van der Waals surface area contributed by atoms with Gasteiger partial charge in [-0.15, -0.1) is 0 Å². The number of sulfonamides is 1. The fourth-order valence-corrected chi connectivity index (χ4v) is 4.11. The van der Waals surface area contributed by atoms with Crippen LogP contribution in [0.3, 0.4) is 0 Å². The van der Waals surface area contributed by atoms with Crippen molar-refractivity contribution in [3.8, 4) is 0 Å². The lowest BCUT2D eigenvalue weighted by molar-refractivity contribution is 0.342. The van der Waals surface area contributed by atoms with Crippen molar-refractivity contribution in [1.29, 1.82) is 0 Å². The van der Waals surface area contributed by atoms with Crippen LogP contribution in [0.15, 0.2) is 23.1 Å². The number of hydrogen-bond acceptors (Lipinski definition) is 3. The molecule has 0 bridgehead atoms. The van der Waals surface area contributed by atoms with Crippen LogP contribution in [0.25, 0.3) is 0 Å². The Labute approximate surface area is 123 Å². The molecule has 0 atom stereocenters. The van der Waals surface area contributed by atoms with Gasteiger partial charge in [0.15, 0.2) is 5.82 Å². The van der Waals surface area contributed by atoms with Crippen LogP contribution in [-0.4, -0.2) is 27.5 Å². The Hall–Kier alpha value is -0.690. The Morgan fingerprint density at radius 1 is 1.20 bits per heavy atom. The molecule has 0 amide bonds. The highest BCUT2D eigenvalue weighted by molar-refractivity contribution is 7.89. The molecule has 1 saturated carbocycles. The molecule has 0 aromatic heterocycles. The summed E-state index contributed by atoms with van der Waals surface area (Å²) in [6, 6.07) is 4.26. The van der Waals surface area contributed by atoms with Gasteiger partial charge in [0.2, 0.25) is 10.0 Å². The summed E-state index contributed by atoms with van der Waals surface area (Å²) >= 11 is 5.63. The standard InChI is InChI=1S/C13H18ClFN2O2S/c1-16-9-5-7-10(8-6-9)17-20(18,19)12-4-2-3-11(14)13(12)15/h2-4,9-10,16-17H,5-8H2,1H3. The first kappa shape index (κ1) is 15.7. The van der Waals surface area contributed by atoms with Crippen molar-refractivity contribution >= 4 is 21.6 Å². The van der Waals surface area contributed by atoms with Crippen LogP contribution in [0.1, 0.15) is 25.7 Å². The molecular weight excluding hydrogens is 303 g/mol. The van der Waals surface area contributed by atoms with Crippen LogP contribution < -0.4 is 10.0 Å². The number of halogens is 2. The average Bonchev–Trinajstić information content (AvgIpc) is 2.42. The Bertz CT molecular complexity index is 572. The van der Waals surface area contributed by atoms with Gasteiger partial charge in [0.05, 0.1) is 5.02 Å². The first-order valence-electron chi connectivity index (χ1n) is 6.57. The van der Waals surface area contributed by atoms with Crippen LogP contribution >= 0.6 is 11.6 Å². The van der Waals surface area contributed by atoms with E-state index in [1.54, 1.807) is 0 Å². The first-order chi connectivity index (χ1) is 9.44. The maximum atomic E-state index is 13.8. The van der Waals surface area contributed by atoms with E-state index in [2.05, 4.69) is 10.0 Å². The van der Waals surface area contributed by atoms with Crippen LogP contribution in [0, 0.1) is 5.82 Å². The average molecular weight is 321 g/mol. The van der Waals surface area contributed by atoms with Gasteiger partial charge in [0.1, 0.15) is 4.90 Å². The summed E-state index contributed by atoms with van der Waals surface area (Å²) in [4.78, 5) is -0.388. The summed E-state index contributed by atoms with van der Waals surface area (Å²) in [6.45, 7) is 0. The zero-order chi connectivity index (χ0) is 14.8. The zero-order valence-electron chi connectivity index (χ0n) is 11.2. The molecule has 0 aliphatic heterocycles. The molecule has 0 spiro atoms. The monoisotopic (exact) mass is 320 g/mol. The van der Waals surface area contributed by atoms with Crippen molar-refractivity contribution in [3.63, 3.8) is 0 Å². The maximum absolute atomic E-state index is 13.8. The maximum Gasteiger partial charge on any atom is 0.243 e. The number of nitrogens with one attached hydrogen (secondary N) is 2.